The number of benzene rings is 2. The first kappa shape index (κ1) is 21.6. The molecule has 0 spiro atoms. The highest BCUT2D eigenvalue weighted by Crippen LogP contribution is 2.23. The predicted octanol–water partition coefficient (Wildman–Crippen LogP) is 4.58. The van der Waals surface area contributed by atoms with Gasteiger partial charge in [-0.15, -0.1) is 0 Å². The Labute approximate surface area is 184 Å². The summed E-state index contributed by atoms with van der Waals surface area (Å²) in [4.78, 5) is 12.2. The van der Waals surface area contributed by atoms with Gasteiger partial charge >= 0.3 is 0 Å². The maximum absolute atomic E-state index is 12.2. The molecule has 0 radical (unpaired) electrons. The highest BCUT2D eigenvalue weighted by molar-refractivity contribution is 9.10. The highest BCUT2D eigenvalue weighted by atomic mass is 79.9. The summed E-state index contributed by atoms with van der Waals surface area (Å²) in [6, 6.07) is 15.3. The zero-order valence-corrected chi connectivity index (χ0v) is 18.6. The molecule has 1 aromatic heterocycles. The van der Waals surface area contributed by atoms with Crippen LogP contribution >= 0.6 is 15.9 Å². The molecule has 0 aliphatic carbocycles. The number of hydrogen-bond donors (Lipinski definition) is 1. The van der Waals surface area contributed by atoms with Crippen molar-refractivity contribution in [2.45, 2.75) is 26.6 Å². The standard InChI is InChI=1S/C23H24BrN3O3/c1-3-27-21(20(24)14-26-27)15-25-23(28)12-10-17-9-11-22(29-2)18(13-17)16-30-19-7-5-4-6-8-19/h4-14H,3,15-16H2,1-2H3,(H,25,28)/b12-10+. The van der Waals surface area contributed by atoms with Crippen molar-refractivity contribution in [1.29, 1.82) is 0 Å². The second-order valence-corrected chi connectivity index (χ2v) is 7.33. The number of aryl methyl sites for hydroxylation is 1. The molecule has 0 bridgehead atoms. The van der Waals surface area contributed by atoms with Crippen molar-refractivity contribution >= 4 is 27.9 Å². The summed E-state index contributed by atoms with van der Waals surface area (Å²) < 4.78 is 14.0. The molecule has 6 nitrogen and oxygen atoms in total. The van der Waals surface area contributed by atoms with Gasteiger partial charge in [0.15, 0.2) is 0 Å². The number of nitrogens with one attached hydrogen (secondary N) is 1. The van der Waals surface area contributed by atoms with Crippen molar-refractivity contribution in [2.75, 3.05) is 7.11 Å². The lowest BCUT2D eigenvalue weighted by Crippen LogP contribution is -2.22. The molecular weight excluding hydrogens is 446 g/mol. The predicted molar refractivity (Wildman–Crippen MR) is 120 cm³/mol. The number of para-hydroxylation sites is 1. The lowest BCUT2D eigenvalue weighted by molar-refractivity contribution is -0.116. The van der Waals surface area contributed by atoms with Crippen LogP contribution in [0.3, 0.4) is 0 Å². The van der Waals surface area contributed by atoms with E-state index in [1.165, 1.54) is 6.08 Å². The maximum Gasteiger partial charge on any atom is 0.244 e. The molecule has 0 unspecified atom stereocenters. The van der Waals surface area contributed by atoms with Crippen LogP contribution in [0.1, 0.15) is 23.7 Å². The van der Waals surface area contributed by atoms with Crippen molar-refractivity contribution in [3.05, 3.63) is 82.1 Å². The second kappa shape index (κ2) is 10.6. The summed E-state index contributed by atoms with van der Waals surface area (Å²) >= 11 is 3.46. The van der Waals surface area contributed by atoms with E-state index >= 15 is 0 Å². The van der Waals surface area contributed by atoms with Crippen LogP contribution in [0.15, 0.2) is 65.3 Å². The minimum Gasteiger partial charge on any atom is -0.496 e. The summed E-state index contributed by atoms with van der Waals surface area (Å²) in [6.45, 7) is 3.52. The number of methoxy groups -OCH3 is 1. The fourth-order valence-electron chi connectivity index (χ4n) is 2.93. The molecular formula is C23H24BrN3O3. The molecule has 0 saturated carbocycles. The summed E-state index contributed by atoms with van der Waals surface area (Å²) in [6.07, 6.45) is 5.02. The lowest BCUT2D eigenvalue weighted by Gasteiger charge is -2.11. The van der Waals surface area contributed by atoms with Crippen LogP contribution in [-0.4, -0.2) is 22.8 Å². The normalized spacial score (nSPS) is 10.9. The van der Waals surface area contributed by atoms with Gasteiger partial charge in [0, 0.05) is 18.2 Å². The van der Waals surface area contributed by atoms with Gasteiger partial charge in [-0.2, -0.15) is 5.10 Å². The quantitative estimate of drug-likeness (QED) is 0.465. The SMILES string of the molecule is CCn1ncc(Br)c1CNC(=O)/C=C/c1ccc(OC)c(COc2ccccc2)c1. The third-order valence-corrected chi connectivity index (χ3v) is 5.16. The van der Waals surface area contributed by atoms with Gasteiger partial charge in [0.25, 0.3) is 0 Å². The summed E-state index contributed by atoms with van der Waals surface area (Å²) in [5.74, 6) is 1.35. The molecule has 2 aromatic carbocycles. The summed E-state index contributed by atoms with van der Waals surface area (Å²) in [5, 5.41) is 7.14. The molecule has 30 heavy (non-hydrogen) atoms. The smallest absolute Gasteiger partial charge is 0.244 e. The number of nitrogens with zero attached hydrogens (tertiary/aromatic N) is 2. The second-order valence-electron chi connectivity index (χ2n) is 6.48. The number of carbonyl (C=O) groups is 1. The molecule has 7 heteroatoms. The van der Waals surface area contributed by atoms with E-state index < -0.39 is 0 Å². The molecule has 0 fully saturated rings. The molecule has 1 amide bonds. The van der Waals surface area contributed by atoms with Crippen LogP contribution in [0.4, 0.5) is 0 Å². The van der Waals surface area contributed by atoms with E-state index in [0.29, 0.717) is 13.2 Å². The maximum atomic E-state index is 12.2. The van der Waals surface area contributed by atoms with Crippen molar-refractivity contribution < 1.29 is 14.3 Å². The van der Waals surface area contributed by atoms with Gasteiger partial charge in [0.05, 0.1) is 30.0 Å². The van der Waals surface area contributed by atoms with Crippen LogP contribution in [0.5, 0.6) is 11.5 Å². The van der Waals surface area contributed by atoms with Crippen molar-refractivity contribution in [1.82, 2.24) is 15.1 Å². The topological polar surface area (TPSA) is 65.4 Å². The van der Waals surface area contributed by atoms with Gasteiger partial charge in [-0.05, 0) is 58.8 Å². The molecule has 0 saturated heterocycles. The number of amides is 1. The van der Waals surface area contributed by atoms with Crippen LogP contribution in [0.2, 0.25) is 0 Å². The number of halogens is 1. The molecule has 156 valence electrons. The van der Waals surface area contributed by atoms with Crippen molar-refractivity contribution in [3.8, 4) is 11.5 Å². The average molecular weight is 470 g/mol. The van der Waals surface area contributed by atoms with Gasteiger partial charge in [0.1, 0.15) is 18.1 Å². The van der Waals surface area contributed by atoms with Crippen LogP contribution < -0.4 is 14.8 Å². The Morgan fingerprint density at radius 3 is 2.77 bits per heavy atom. The molecule has 1 N–H and O–H groups in total. The van der Waals surface area contributed by atoms with E-state index in [4.69, 9.17) is 9.47 Å². The van der Waals surface area contributed by atoms with Gasteiger partial charge in [0.2, 0.25) is 5.91 Å². The molecule has 0 atom stereocenters. The van der Waals surface area contributed by atoms with Crippen LogP contribution in [0.25, 0.3) is 6.08 Å². The minimum atomic E-state index is -0.177. The number of carbonyl (C=O) groups excluding carboxylic acids is 1. The van der Waals surface area contributed by atoms with E-state index in [0.717, 1.165) is 39.3 Å². The first-order valence-electron chi connectivity index (χ1n) is 9.61. The Bertz CT molecular complexity index is 1020. The third-order valence-electron chi connectivity index (χ3n) is 4.50. The molecule has 0 aliphatic heterocycles. The molecule has 0 aliphatic rings. The monoisotopic (exact) mass is 469 g/mol. The number of hydrogen-bond acceptors (Lipinski definition) is 4. The Morgan fingerprint density at radius 2 is 2.03 bits per heavy atom. The molecule has 3 rings (SSSR count). The molecule has 1 heterocycles. The zero-order chi connectivity index (χ0) is 21.3. The van der Waals surface area contributed by atoms with Crippen LogP contribution in [0, 0.1) is 0 Å². The molecule has 3 aromatic rings. The largest absolute Gasteiger partial charge is 0.496 e. The van der Waals surface area contributed by atoms with E-state index in [2.05, 4.69) is 26.3 Å². The van der Waals surface area contributed by atoms with E-state index in [1.54, 1.807) is 19.4 Å². The van der Waals surface area contributed by atoms with Crippen molar-refractivity contribution in [2.24, 2.45) is 0 Å². The lowest BCUT2D eigenvalue weighted by atomic mass is 10.1. The zero-order valence-electron chi connectivity index (χ0n) is 17.0. The Balaban J connectivity index is 1.63. The van der Waals surface area contributed by atoms with Gasteiger partial charge in [-0.3, -0.25) is 9.48 Å². The van der Waals surface area contributed by atoms with Gasteiger partial charge in [-0.1, -0.05) is 24.3 Å². The highest BCUT2D eigenvalue weighted by Gasteiger charge is 2.09. The fourth-order valence-corrected chi connectivity index (χ4v) is 3.37. The van der Waals surface area contributed by atoms with E-state index in [9.17, 15) is 4.79 Å². The van der Waals surface area contributed by atoms with Crippen molar-refractivity contribution in [3.63, 3.8) is 0 Å². The van der Waals surface area contributed by atoms with Gasteiger partial charge in [-0.25, -0.2) is 0 Å². The Hall–Kier alpha value is -3.06. The third kappa shape index (κ3) is 5.73. The number of aromatic nitrogens is 2. The van der Waals surface area contributed by atoms with Crippen LogP contribution in [-0.2, 0) is 24.5 Å². The van der Waals surface area contributed by atoms with E-state index in [-0.39, 0.29) is 5.91 Å². The summed E-state index contributed by atoms with van der Waals surface area (Å²) in [7, 11) is 1.63. The fraction of sp³-hybridized carbons (Fsp3) is 0.217. The first-order chi connectivity index (χ1) is 14.6. The average Bonchev–Trinajstić information content (AvgIpc) is 3.14. The van der Waals surface area contributed by atoms with Gasteiger partial charge < -0.3 is 14.8 Å². The Morgan fingerprint density at radius 1 is 1.23 bits per heavy atom. The van der Waals surface area contributed by atoms with E-state index in [1.807, 2.05) is 60.1 Å². The minimum absolute atomic E-state index is 0.177. The number of rotatable bonds is 9. The first-order valence-corrected chi connectivity index (χ1v) is 10.4. The summed E-state index contributed by atoms with van der Waals surface area (Å²) in [5.41, 5.74) is 2.72. The Kier molecular flexibility index (Phi) is 7.68. The number of ether oxygens (including phenoxy) is 2.